The van der Waals surface area contributed by atoms with Gasteiger partial charge in [0.25, 0.3) is 0 Å². The number of nitrogens with one attached hydrogen (secondary N) is 1. The van der Waals surface area contributed by atoms with Gasteiger partial charge in [-0.3, -0.25) is 4.79 Å². The van der Waals surface area contributed by atoms with Gasteiger partial charge in [0.15, 0.2) is 0 Å². The number of hydrogen-bond acceptors (Lipinski definition) is 4. The van der Waals surface area contributed by atoms with Gasteiger partial charge in [-0.15, -0.1) is 0 Å². The zero-order chi connectivity index (χ0) is 13.9. The number of amides is 1. The van der Waals surface area contributed by atoms with Crippen molar-refractivity contribution in [3.05, 3.63) is 35.2 Å². The summed E-state index contributed by atoms with van der Waals surface area (Å²) in [6.07, 6.45) is 5.72. The highest BCUT2D eigenvalue weighted by atomic mass is 16.5. The zero-order valence-corrected chi connectivity index (χ0v) is 11.6. The van der Waals surface area contributed by atoms with E-state index in [0.717, 1.165) is 30.2 Å². The number of nitrogens with zero attached hydrogens (tertiary/aromatic N) is 3. The van der Waals surface area contributed by atoms with Gasteiger partial charge < -0.3 is 14.4 Å². The Hall–Kier alpha value is -2.11. The van der Waals surface area contributed by atoms with E-state index in [9.17, 15) is 4.79 Å². The maximum Gasteiger partial charge on any atom is 0.226 e. The van der Waals surface area contributed by atoms with Crippen LogP contribution >= 0.6 is 0 Å². The van der Waals surface area contributed by atoms with Crippen molar-refractivity contribution in [2.75, 3.05) is 0 Å². The summed E-state index contributed by atoms with van der Waals surface area (Å²) in [5.41, 5.74) is 1.58. The van der Waals surface area contributed by atoms with Gasteiger partial charge in [-0.05, 0) is 19.8 Å². The van der Waals surface area contributed by atoms with Crippen LogP contribution in [0.5, 0.6) is 0 Å². The summed E-state index contributed by atoms with van der Waals surface area (Å²) in [5, 5.41) is 6.68. The molecule has 0 fully saturated rings. The number of rotatable bonds is 4. The summed E-state index contributed by atoms with van der Waals surface area (Å²) in [4.78, 5) is 16.4. The Balaban J connectivity index is 1.53. The van der Waals surface area contributed by atoms with Crippen molar-refractivity contribution in [2.24, 2.45) is 0 Å². The van der Waals surface area contributed by atoms with Crippen LogP contribution in [0.1, 0.15) is 35.8 Å². The van der Waals surface area contributed by atoms with Crippen molar-refractivity contribution in [1.29, 1.82) is 0 Å². The summed E-state index contributed by atoms with van der Waals surface area (Å²) < 4.78 is 7.12. The Labute approximate surface area is 117 Å². The highest BCUT2D eigenvalue weighted by Crippen LogP contribution is 2.14. The highest BCUT2D eigenvalue weighted by Gasteiger charge is 2.13. The lowest BCUT2D eigenvalue weighted by atomic mass is 10.2. The fourth-order valence-electron chi connectivity index (χ4n) is 2.47. The first-order valence-corrected chi connectivity index (χ1v) is 6.94. The molecule has 20 heavy (non-hydrogen) atoms. The van der Waals surface area contributed by atoms with E-state index in [0.29, 0.717) is 12.2 Å². The minimum absolute atomic E-state index is 0.0655. The van der Waals surface area contributed by atoms with Crippen LogP contribution in [0.15, 0.2) is 16.8 Å². The van der Waals surface area contributed by atoms with Crippen LogP contribution in [0, 0.1) is 6.92 Å². The summed E-state index contributed by atoms with van der Waals surface area (Å²) in [5.74, 6) is 1.78. The second-order valence-corrected chi connectivity index (χ2v) is 5.18. The molecule has 0 atom stereocenters. The minimum Gasteiger partial charge on any atom is -0.361 e. The number of fused-ring (bicyclic) bond motifs is 1. The molecule has 2 aromatic rings. The molecule has 0 unspecified atom stereocenters. The van der Waals surface area contributed by atoms with Gasteiger partial charge in [0.2, 0.25) is 5.91 Å². The summed E-state index contributed by atoms with van der Waals surface area (Å²) in [7, 11) is 0. The average molecular weight is 274 g/mol. The van der Waals surface area contributed by atoms with E-state index in [-0.39, 0.29) is 12.3 Å². The lowest BCUT2D eigenvalue weighted by molar-refractivity contribution is -0.120. The maximum atomic E-state index is 11.8. The number of imidazole rings is 1. The predicted molar refractivity (Wildman–Crippen MR) is 72.0 cm³/mol. The van der Waals surface area contributed by atoms with Gasteiger partial charge in [0.1, 0.15) is 11.6 Å². The number of aromatic nitrogens is 3. The van der Waals surface area contributed by atoms with Crippen LogP contribution in [0.4, 0.5) is 0 Å². The molecule has 0 bridgehead atoms. The van der Waals surface area contributed by atoms with E-state index in [2.05, 4.69) is 20.0 Å². The monoisotopic (exact) mass is 274 g/mol. The molecule has 3 rings (SSSR count). The topological polar surface area (TPSA) is 73.0 Å². The van der Waals surface area contributed by atoms with E-state index in [1.165, 1.54) is 12.8 Å². The van der Waals surface area contributed by atoms with Crippen molar-refractivity contribution in [1.82, 2.24) is 20.0 Å². The molecular weight excluding hydrogens is 256 g/mol. The first-order valence-electron chi connectivity index (χ1n) is 6.94. The van der Waals surface area contributed by atoms with Crippen molar-refractivity contribution < 1.29 is 9.32 Å². The van der Waals surface area contributed by atoms with E-state index < -0.39 is 0 Å². The van der Waals surface area contributed by atoms with E-state index >= 15 is 0 Å². The van der Waals surface area contributed by atoms with Crippen LogP contribution in [0.3, 0.4) is 0 Å². The average Bonchev–Trinajstić information content (AvgIpc) is 3.02. The molecule has 6 heteroatoms. The largest absolute Gasteiger partial charge is 0.361 e. The fourth-order valence-corrected chi connectivity index (χ4v) is 2.47. The number of aryl methyl sites for hydroxylation is 3. The van der Waals surface area contributed by atoms with Crippen molar-refractivity contribution >= 4 is 5.91 Å². The second kappa shape index (κ2) is 5.48. The predicted octanol–water partition coefficient (Wildman–Crippen LogP) is 1.37. The third-order valence-electron chi connectivity index (χ3n) is 3.44. The molecular formula is C14H18N4O2. The van der Waals surface area contributed by atoms with E-state index in [1.54, 1.807) is 6.07 Å². The molecule has 0 saturated heterocycles. The normalized spacial score (nSPS) is 14.1. The molecule has 3 heterocycles. The molecule has 106 valence electrons. The zero-order valence-electron chi connectivity index (χ0n) is 11.6. The Morgan fingerprint density at radius 1 is 1.45 bits per heavy atom. The molecule has 0 aromatic carbocycles. The fraction of sp³-hybridized carbons (Fsp3) is 0.500. The summed E-state index contributed by atoms with van der Waals surface area (Å²) in [6, 6.07) is 1.77. The van der Waals surface area contributed by atoms with Gasteiger partial charge in [0, 0.05) is 25.2 Å². The maximum absolute atomic E-state index is 11.8. The standard InChI is InChI=1S/C14H18N4O2/c1-10-6-11(17-20-10)7-14(19)15-8-12-9-18-5-3-2-4-13(18)16-12/h6,9H,2-5,7-8H2,1H3,(H,15,19). The molecule has 0 spiro atoms. The van der Waals surface area contributed by atoms with Crippen molar-refractivity contribution in [2.45, 2.75) is 45.7 Å². The number of carbonyl (C=O) groups excluding carboxylic acids is 1. The number of hydrogen-bond donors (Lipinski definition) is 1. The quantitative estimate of drug-likeness (QED) is 0.914. The molecule has 1 amide bonds. The van der Waals surface area contributed by atoms with Gasteiger partial charge >= 0.3 is 0 Å². The summed E-state index contributed by atoms with van der Waals surface area (Å²) in [6.45, 7) is 3.31. The Kier molecular flexibility index (Phi) is 3.54. The van der Waals surface area contributed by atoms with Gasteiger partial charge in [-0.1, -0.05) is 5.16 Å². The molecule has 1 aliphatic rings. The lowest BCUT2D eigenvalue weighted by Crippen LogP contribution is -2.24. The minimum atomic E-state index is -0.0655. The highest BCUT2D eigenvalue weighted by molar-refractivity contribution is 5.77. The first kappa shape index (κ1) is 12.9. The van der Waals surface area contributed by atoms with Crippen LogP contribution in [-0.4, -0.2) is 20.6 Å². The van der Waals surface area contributed by atoms with Crippen molar-refractivity contribution in [3.8, 4) is 0 Å². The van der Waals surface area contributed by atoms with E-state index in [1.807, 2.05) is 13.1 Å². The molecule has 0 saturated carbocycles. The van der Waals surface area contributed by atoms with Crippen molar-refractivity contribution in [3.63, 3.8) is 0 Å². The van der Waals surface area contributed by atoms with E-state index in [4.69, 9.17) is 4.52 Å². The van der Waals surface area contributed by atoms with Gasteiger partial charge in [-0.2, -0.15) is 0 Å². The number of carbonyl (C=O) groups is 1. The molecule has 0 radical (unpaired) electrons. The molecule has 0 aliphatic carbocycles. The smallest absolute Gasteiger partial charge is 0.226 e. The SMILES string of the molecule is Cc1cc(CC(=O)NCc2cn3c(n2)CCCC3)no1. The van der Waals surface area contributed by atoms with Crippen LogP contribution in [0.25, 0.3) is 0 Å². The lowest BCUT2D eigenvalue weighted by Gasteiger charge is -2.11. The van der Waals surface area contributed by atoms with Crippen LogP contribution < -0.4 is 5.32 Å². The summed E-state index contributed by atoms with van der Waals surface area (Å²) >= 11 is 0. The van der Waals surface area contributed by atoms with Gasteiger partial charge in [0.05, 0.1) is 24.4 Å². The Bertz CT molecular complexity index is 591. The first-order chi connectivity index (χ1) is 9.70. The third kappa shape index (κ3) is 2.89. The second-order valence-electron chi connectivity index (χ2n) is 5.18. The Morgan fingerprint density at radius 3 is 3.10 bits per heavy atom. The van der Waals surface area contributed by atoms with Crippen LogP contribution in [-0.2, 0) is 30.7 Å². The van der Waals surface area contributed by atoms with Gasteiger partial charge in [-0.25, -0.2) is 4.98 Å². The molecule has 2 aromatic heterocycles. The van der Waals surface area contributed by atoms with Crippen LogP contribution in [0.2, 0.25) is 0 Å². The third-order valence-corrected chi connectivity index (χ3v) is 3.44. The Morgan fingerprint density at radius 2 is 2.35 bits per heavy atom. The molecule has 1 aliphatic heterocycles. The molecule has 1 N–H and O–H groups in total. The molecule has 6 nitrogen and oxygen atoms in total.